The third-order valence-corrected chi connectivity index (χ3v) is 8.09. The standard InChI is InChI=1S/C15H25FO2S/c1-3-19(17,18)14(2,16)10-15-7-11-4-12(8-15)6-13(5-11)9-15/h11-13H,3-10H2,1-2H3. The molecule has 4 fully saturated rings. The lowest BCUT2D eigenvalue weighted by atomic mass is 9.48. The molecular weight excluding hydrogens is 263 g/mol. The van der Waals surface area contributed by atoms with Gasteiger partial charge < -0.3 is 0 Å². The highest BCUT2D eigenvalue weighted by atomic mass is 32.2. The number of rotatable bonds is 4. The van der Waals surface area contributed by atoms with E-state index in [0.717, 1.165) is 37.0 Å². The van der Waals surface area contributed by atoms with Crippen molar-refractivity contribution < 1.29 is 12.8 Å². The van der Waals surface area contributed by atoms with E-state index in [9.17, 15) is 12.8 Å². The maximum Gasteiger partial charge on any atom is 0.208 e. The molecule has 2 nitrogen and oxygen atoms in total. The van der Waals surface area contributed by atoms with Crippen molar-refractivity contribution >= 4 is 9.84 Å². The Hall–Kier alpha value is -0.120. The minimum Gasteiger partial charge on any atom is -0.227 e. The SMILES string of the molecule is CCS(=O)(=O)C(C)(F)CC12CC3CC(CC(C3)C1)C2. The van der Waals surface area contributed by atoms with Gasteiger partial charge in [-0.25, -0.2) is 12.8 Å². The van der Waals surface area contributed by atoms with Crippen LogP contribution in [0.1, 0.15) is 58.8 Å². The third-order valence-electron chi connectivity index (χ3n) is 5.88. The molecule has 19 heavy (non-hydrogen) atoms. The maximum atomic E-state index is 14.8. The highest BCUT2D eigenvalue weighted by Crippen LogP contribution is 2.62. The van der Waals surface area contributed by atoms with E-state index in [1.54, 1.807) is 6.92 Å². The van der Waals surface area contributed by atoms with Gasteiger partial charge in [0.1, 0.15) is 0 Å². The quantitative estimate of drug-likeness (QED) is 0.790. The van der Waals surface area contributed by atoms with E-state index in [0.29, 0.717) is 0 Å². The van der Waals surface area contributed by atoms with Gasteiger partial charge in [-0.3, -0.25) is 0 Å². The summed E-state index contributed by atoms with van der Waals surface area (Å²) in [5.74, 6) is 2.14. The monoisotopic (exact) mass is 288 g/mol. The van der Waals surface area contributed by atoms with Crippen LogP contribution in [0, 0.1) is 23.2 Å². The van der Waals surface area contributed by atoms with Crippen LogP contribution >= 0.6 is 0 Å². The Morgan fingerprint density at radius 2 is 1.53 bits per heavy atom. The highest BCUT2D eigenvalue weighted by Gasteiger charge is 2.55. The zero-order chi connectivity index (χ0) is 13.9. The van der Waals surface area contributed by atoms with Gasteiger partial charge in [0, 0.05) is 6.42 Å². The topological polar surface area (TPSA) is 34.1 Å². The first kappa shape index (κ1) is 13.8. The molecule has 4 saturated carbocycles. The fourth-order valence-electron chi connectivity index (χ4n) is 5.59. The van der Waals surface area contributed by atoms with Gasteiger partial charge in [0.15, 0.2) is 9.84 Å². The largest absolute Gasteiger partial charge is 0.227 e. The first-order chi connectivity index (χ1) is 8.75. The van der Waals surface area contributed by atoms with E-state index < -0.39 is 14.8 Å². The molecule has 110 valence electrons. The second-order valence-corrected chi connectivity index (χ2v) is 10.3. The number of sulfone groups is 1. The van der Waals surface area contributed by atoms with Crippen molar-refractivity contribution in [3.05, 3.63) is 0 Å². The highest BCUT2D eigenvalue weighted by molar-refractivity contribution is 7.92. The van der Waals surface area contributed by atoms with E-state index in [4.69, 9.17) is 0 Å². The van der Waals surface area contributed by atoms with Crippen LogP contribution < -0.4 is 0 Å². The fraction of sp³-hybridized carbons (Fsp3) is 1.00. The summed E-state index contributed by atoms with van der Waals surface area (Å²) in [5.41, 5.74) is -0.0134. The summed E-state index contributed by atoms with van der Waals surface area (Å²) in [7, 11) is -3.61. The van der Waals surface area contributed by atoms with E-state index in [1.165, 1.54) is 26.2 Å². The summed E-state index contributed by atoms with van der Waals surface area (Å²) < 4.78 is 38.7. The smallest absolute Gasteiger partial charge is 0.208 e. The van der Waals surface area contributed by atoms with Crippen LogP contribution in [-0.2, 0) is 9.84 Å². The molecule has 0 amide bonds. The van der Waals surface area contributed by atoms with E-state index in [1.807, 2.05) is 0 Å². The lowest BCUT2D eigenvalue weighted by Gasteiger charge is -2.57. The van der Waals surface area contributed by atoms with Gasteiger partial charge in [-0.05, 0) is 68.6 Å². The van der Waals surface area contributed by atoms with Gasteiger partial charge in [0.25, 0.3) is 0 Å². The molecule has 0 radical (unpaired) electrons. The first-order valence-corrected chi connectivity index (χ1v) is 9.32. The van der Waals surface area contributed by atoms with Crippen LogP contribution in [0.25, 0.3) is 0 Å². The van der Waals surface area contributed by atoms with E-state index >= 15 is 0 Å². The fourth-order valence-corrected chi connectivity index (χ4v) is 6.72. The summed E-state index contributed by atoms with van der Waals surface area (Å²) in [4.78, 5) is 0. The van der Waals surface area contributed by atoms with Crippen LogP contribution in [0.15, 0.2) is 0 Å². The van der Waals surface area contributed by atoms with E-state index in [2.05, 4.69) is 0 Å². The normalized spacial score (nSPS) is 44.3. The first-order valence-electron chi connectivity index (χ1n) is 7.66. The molecule has 4 aliphatic rings. The van der Waals surface area contributed by atoms with Crippen molar-refractivity contribution in [3.63, 3.8) is 0 Å². The second-order valence-electron chi connectivity index (χ2n) is 7.60. The molecule has 0 heterocycles. The van der Waals surface area contributed by atoms with Crippen LogP contribution in [0.3, 0.4) is 0 Å². The summed E-state index contributed by atoms with van der Waals surface area (Å²) >= 11 is 0. The number of halogens is 1. The molecule has 4 rings (SSSR count). The average molecular weight is 288 g/mol. The summed E-state index contributed by atoms with van der Waals surface area (Å²) in [5, 5.41) is -2.03. The van der Waals surface area contributed by atoms with Crippen LogP contribution in [0.5, 0.6) is 0 Å². The van der Waals surface area contributed by atoms with Gasteiger partial charge >= 0.3 is 0 Å². The van der Waals surface area contributed by atoms with E-state index in [-0.39, 0.29) is 17.6 Å². The minimum absolute atomic E-state index is 0.0134. The zero-order valence-electron chi connectivity index (χ0n) is 12.0. The third kappa shape index (κ3) is 2.24. The van der Waals surface area contributed by atoms with Crippen molar-refractivity contribution in [1.82, 2.24) is 0 Å². The van der Waals surface area contributed by atoms with Crippen LogP contribution in [0.4, 0.5) is 4.39 Å². The summed E-state index contributed by atoms with van der Waals surface area (Å²) in [6, 6.07) is 0. The van der Waals surface area contributed by atoms with Gasteiger partial charge in [0.2, 0.25) is 5.00 Å². The van der Waals surface area contributed by atoms with Gasteiger partial charge in [-0.2, -0.15) is 0 Å². The molecule has 0 N–H and O–H groups in total. The predicted octanol–water partition coefficient (Wildman–Crippen LogP) is 3.71. The predicted molar refractivity (Wildman–Crippen MR) is 74.2 cm³/mol. The minimum atomic E-state index is -3.61. The molecule has 4 bridgehead atoms. The molecule has 0 aromatic carbocycles. The molecule has 4 heteroatoms. The average Bonchev–Trinajstić information content (AvgIpc) is 2.25. The Kier molecular flexibility index (Phi) is 3.05. The molecule has 4 aliphatic carbocycles. The van der Waals surface area contributed by atoms with Crippen molar-refractivity contribution in [2.24, 2.45) is 23.2 Å². The Morgan fingerprint density at radius 1 is 1.11 bits per heavy atom. The Morgan fingerprint density at radius 3 is 1.89 bits per heavy atom. The molecule has 0 spiro atoms. The second kappa shape index (κ2) is 4.19. The molecule has 0 saturated heterocycles. The molecular formula is C15H25FO2S. The van der Waals surface area contributed by atoms with Crippen molar-refractivity contribution in [1.29, 1.82) is 0 Å². The summed E-state index contributed by atoms with van der Waals surface area (Å²) in [6.07, 6.45) is 7.36. The number of hydrogen-bond donors (Lipinski definition) is 0. The van der Waals surface area contributed by atoms with Crippen molar-refractivity contribution in [2.45, 2.75) is 63.8 Å². The zero-order valence-corrected chi connectivity index (χ0v) is 12.8. The Bertz CT molecular complexity index is 431. The molecule has 1 unspecified atom stereocenters. The number of hydrogen-bond acceptors (Lipinski definition) is 2. The van der Waals surface area contributed by atoms with Gasteiger partial charge in [-0.1, -0.05) is 6.92 Å². The van der Waals surface area contributed by atoms with Gasteiger partial charge in [-0.15, -0.1) is 0 Å². The molecule has 0 aliphatic heterocycles. The lowest BCUT2D eigenvalue weighted by molar-refractivity contribution is -0.0705. The Labute approximate surface area is 116 Å². The summed E-state index contributed by atoms with van der Waals surface area (Å²) in [6.45, 7) is 2.84. The maximum absolute atomic E-state index is 14.8. The number of alkyl halides is 1. The van der Waals surface area contributed by atoms with Crippen LogP contribution in [0.2, 0.25) is 0 Å². The Balaban J connectivity index is 1.83. The molecule has 0 aromatic heterocycles. The van der Waals surface area contributed by atoms with Crippen molar-refractivity contribution in [2.75, 3.05) is 5.75 Å². The van der Waals surface area contributed by atoms with Gasteiger partial charge in [0.05, 0.1) is 5.75 Å². The van der Waals surface area contributed by atoms with Crippen LogP contribution in [-0.4, -0.2) is 19.2 Å². The molecule has 1 atom stereocenters. The van der Waals surface area contributed by atoms with Crippen molar-refractivity contribution in [3.8, 4) is 0 Å². The lowest BCUT2D eigenvalue weighted by Crippen LogP contribution is -2.50. The molecule has 0 aromatic rings.